The van der Waals surface area contributed by atoms with Crippen LogP contribution in [-0.4, -0.2) is 21.9 Å². The van der Waals surface area contributed by atoms with Crippen molar-refractivity contribution in [2.24, 2.45) is 0 Å². The van der Waals surface area contributed by atoms with Crippen LogP contribution < -0.4 is 0 Å². The summed E-state index contributed by atoms with van der Waals surface area (Å²) in [4.78, 5) is 2.26. The fraction of sp³-hybridized carbons (Fsp3) is 0.556. The Balaban J connectivity index is 3.77. The molecule has 0 aliphatic heterocycles. The van der Waals surface area contributed by atoms with Crippen molar-refractivity contribution in [2.75, 3.05) is 13.1 Å². The van der Waals surface area contributed by atoms with Crippen molar-refractivity contribution in [1.82, 2.24) is 4.90 Å². The molecule has 1 nitrogen and oxygen atoms in total. The van der Waals surface area contributed by atoms with Gasteiger partial charge < -0.3 is 4.90 Å². The summed E-state index contributed by atoms with van der Waals surface area (Å²) in [6, 6.07) is 0. The van der Waals surface area contributed by atoms with Crippen LogP contribution in [0.3, 0.4) is 0 Å². The van der Waals surface area contributed by atoms with Crippen molar-refractivity contribution >= 4 is 22.6 Å². The van der Waals surface area contributed by atoms with Crippen molar-refractivity contribution in [3.05, 3.63) is 24.9 Å². The normalized spacial score (nSPS) is 13.4. The maximum absolute atomic E-state index is 3.71. The third kappa shape index (κ3) is 5.30. The largest absolute Gasteiger partial charge is 0.378 e. The first-order valence-electron chi connectivity index (χ1n) is 3.93. The zero-order chi connectivity index (χ0) is 8.69. The summed E-state index contributed by atoms with van der Waals surface area (Å²) >= 11 is 2.34. The summed E-state index contributed by atoms with van der Waals surface area (Å²) in [6.45, 7) is 10.2. The molecule has 0 unspecified atom stereocenters. The van der Waals surface area contributed by atoms with E-state index < -0.39 is 0 Å². The summed E-state index contributed by atoms with van der Waals surface area (Å²) in [5.41, 5.74) is 0. The minimum atomic E-state index is 0.452. The molecule has 0 amide bonds. The van der Waals surface area contributed by atoms with Gasteiger partial charge in [0.2, 0.25) is 0 Å². The summed E-state index contributed by atoms with van der Waals surface area (Å²) in [5, 5.41) is 0. The molecule has 0 aromatic heterocycles. The lowest BCUT2D eigenvalue weighted by Crippen LogP contribution is -2.15. The molecule has 0 aliphatic rings. The third-order valence-corrected chi connectivity index (χ3v) is 2.44. The van der Waals surface area contributed by atoms with Crippen LogP contribution in [-0.2, 0) is 0 Å². The van der Waals surface area contributed by atoms with Crippen LogP contribution in [0.2, 0.25) is 0 Å². The molecule has 0 aromatic carbocycles. The molecule has 0 rings (SSSR count). The van der Waals surface area contributed by atoms with Gasteiger partial charge in [0, 0.05) is 17.0 Å². The van der Waals surface area contributed by atoms with Gasteiger partial charge in [0.15, 0.2) is 0 Å². The predicted molar refractivity (Wildman–Crippen MR) is 60.1 cm³/mol. The Morgan fingerprint density at radius 1 is 1.45 bits per heavy atom. The van der Waals surface area contributed by atoms with E-state index in [0.29, 0.717) is 3.92 Å². The first kappa shape index (κ1) is 11.0. The van der Waals surface area contributed by atoms with E-state index in [-0.39, 0.29) is 0 Å². The summed E-state index contributed by atoms with van der Waals surface area (Å²) in [5.74, 6) is 0. The van der Waals surface area contributed by atoms with Gasteiger partial charge >= 0.3 is 0 Å². The molecule has 0 N–H and O–H groups in total. The number of hydrogen-bond donors (Lipinski definition) is 0. The lowest BCUT2D eigenvalue weighted by atomic mass is 10.4. The monoisotopic (exact) mass is 265 g/mol. The Hall–Kier alpha value is 0.01000. The molecular formula is C9H16IN. The highest BCUT2D eigenvalue weighted by Gasteiger charge is 1.92. The maximum atomic E-state index is 3.71. The molecule has 0 aromatic rings. The Bertz CT molecular complexity index is 128. The molecule has 0 fully saturated rings. The Labute approximate surface area is 83.3 Å². The first-order valence-corrected chi connectivity index (χ1v) is 5.18. The average molecular weight is 265 g/mol. The zero-order valence-electron chi connectivity index (χ0n) is 7.26. The van der Waals surface area contributed by atoms with E-state index in [4.69, 9.17) is 0 Å². The quantitative estimate of drug-likeness (QED) is 0.420. The van der Waals surface area contributed by atoms with E-state index in [2.05, 4.69) is 60.2 Å². The fourth-order valence-corrected chi connectivity index (χ4v) is 0.903. The number of nitrogens with zero attached hydrogens (tertiary/aromatic N) is 1. The molecule has 64 valence electrons. The van der Waals surface area contributed by atoms with Crippen molar-refractivity contribution in [1.29, 1.82) is 0 Å². The van der Waals surface area contributed by atoms with Crippen LogP contribution in [0.4, 0.5) is 0 Å². The van der Waals surface area contributed by atoms with Crippen molar-refractivity contribution in [3.63, 3.8) is 0 Å². The lowest BCUT2D eigenvalue weighted by Gasteiger charge is -2.14. The topological polar surface area (TPSA) is 3.24 Å². The van der Waals surface area contributed by atoms with Crippen LogP contribution in [0.1, 0.15) is 13.8 Å². The van der Waals surface area contributed by atoms with Crippen LogP contribution in [0.15, 0.2) is 24.9 Å². The minimum Gasteiger partial charge on any atom is -0.378 e. The number of allylic oxidation sites excluding steroid dienone is 2. The molecular weight excluding hydrogens is 249 g/mol. The van der Waals surface area contributed by atoms with Gasteiger partial charge in [-0.05, 0) is 20.0 Å². The number of halogens is 1. The number of rotatable bonds is 5. The minimum absolute atomic E-state index is 0.452. The molecule has 0 aliphatic carbocycles. The lowest BCUT2D eigenvalue weighted by molar-refractivity contribution is 0.418. The summed E-state index contributed by atoms with van der Waals surface area (Å²) < 4.78 is 0.452. The van der Waals surface area contributed by atoms with Crippen LogP contribution >= 0.6 is 22.6 Å². The van der Waals surface area contributed by atoms with Crippen molar-refractivity contribution in [2.45, 2.75) is 17.8 Å². The maximum Gasteiger partial charge on any atom is 0.0483 e. The standard InChI is InChI=1S/C9H16IN/c1-4-9(10)7-8-11(5-2)6-3/h4,7-9H,1,5-6H2,2-3H3/b8-7+/t9-/m0/s1. The third-order valence-electron chi connectivity index (χ3n) is 1.52. The fourth-order valence-electron chi connectivity index (χ4n) is 0.717. The molecule has 0 heterocycles. The van der Waals surface area contributed by atoms with Crippen LogP contribution in [0.25, 0.3) is 0 Å². The number of hydrogen-bond acceptors (Lipinski definition) is 1. The Morgan fingerprint density at radius 3 is 2.36 bits per heavy atom. The van der Waals surface area contributed by atoms with Gasteiger partial charge in [0.1, 0.15) is 0 Å². The van der Waals surface area contributed by atoms with Crippen molar-refractivity contribution < 1.29 is 0 Å². The second-order valence-electron chi connectivity index (χ2n) is 2.24. The Morgan fingerprint density at radius 2 is 2.00 bits per heavy atom. The van der Waals surface area contributed by atoms with E-state index >= 15 is 0 Å². The second kappa shape index (κ2) is 6.70. The highest BCUT2D eigenvalue weighted by molar-refractivity contribution is 14.1. The molecule has 2 heteroatoms. The van der Waals surface area contributed by atoms with E-state index in [1.807, 2.05) is 6.08 Å². The van der Waals surface area contributed by atoms with Crippen molar-refractivity contribution in [3.8, 4) is 0 Å². The van der Waals surface area contributed by atoms with Gasteiger partial charge in [-0.1, -0.05) is 34.7 Å². The molecule has 0 saturated carbocycles. The van der Waals surface area contributed by atoms with Gasteiger partial charge in [0.25, 0.3) is 0 Å². The smallest absolute Gasteiger partial charge is 0.0483 e. The SMILES string of the molecule is C=C[C@H](I)/C=C/N(CC)CC. The molecule has 0 radical (unpaired) electrons. The van der Waals surface area contributed by atoms with Crippen LogP contribution in [0, 0.1) is 0 Å². The molecule has 0 saturated heterocycles. The summed E-state index contributed by atoms with van der Waals surface area (Å²) in [6.07, 6.45) is 6.22. The summed E-state index contributed by atoms with van der Waals surface area (Å²) in [7, 11) is 0. The highest BCUT2D eigenvalue weighted by Crippen LogP contribution is 2.03. The average Bonchev–Trinajstić information content (AvgIpc) is 2.06. The van der Waals surface area contributed by atoms with Crippen LogP contribution in [0.5, 0.6) is 0 Å². The second-order valence-corrected chi connectivity index (χ2v) is 3.68. The number of alkyl halides is 1. The molecule has 0 spiro atoms. The molecule has 11 heavy (non-hydrogen) atoms. The molecule has 1 atom stereocenters. The van der Waals surface area contributed by atoms with E-state index in [1.54, 1.807) is 0 Å². The van der Waals surface area contributed by atoms with Gasteiger partial charge in [-0.3, -0.25) is 0 Å². The molecule has 0 bridgehead atoms. The highest BCUT2D eigenvalue weighted by atomic mass is 127. The zero-order valence-corrected chi connectivity index (χ0v) is 9.41. The first-order chi connectivity index (χ1) is 5.24. The van der Waals surface area contributed by atoms with Gasteiger partial charge in [0.05, 0.1) is 0 Å². The van der Waals surface area contributed by atoms with E-state index in [0.717, 1.165) is 13.1 Å². The van der Waals surface area contributed by atoms with Gasteiger partial charge in [-0.25, -0.2) is 0 Å². The van der Waals surface area contributed by atoms with E-state index in [9.17, 15) is 0 Å². The Kier molecular flexibility index (Phi) is 6.71. The van der Waals surface area contributed by atoms with Gasteiger partial charge in [-0.15, -0.1) is 6.58 Å². The van der Waals surface area contributed by atoms with E-state index in [1.165, 1.54) is 0 Å². The van der Waals surface area contributed by atoms with Gasteiger partial charge in [-0.2, -0.15) is 0 Å². The predicted octanol–water partition coefficient (Wildman–Crippen LogP) is 2.83.